The minimum Gasteiger partial charge on any atom is -0.657 e. The molecule has 7 aromatic rings. The van der Waals surface area contributed by atoms with E-state index in [1.807, 2.05) is 36.4 Å². The maximum Gasteiger partial charge on any atom is 2.00 e. The van der Waals surface area contributed by atoms with Crippen molar-refractivity contribution in [2.45, 2.75) is 157 Å². The predicted molar refractivity (Wildman–Crippen MR) is 324 cm³/mol. The fourth-order valence-corrected chi connectivity index (χ4v) is 10.3. The van der Waals surface area contributed by atoms with Crippen molar-refractivity contribution in [3.63, 3.8) is 0 Å². The van der Waals surface area contributed by atoms with E-state index >= 15 is 0 Å². The molecule has 5 heterocycles. The summed E-state index contributed by atoms with van der Waals surface area (Å²) in [4.78, 5) is 35.7. The van der Waals surface area contributed by atoms with Crippen LogP contribution >= 0.6 is 15.9 Å². The van der Waals surface area contributed by atoms with E-state index in [-0.39, 0.29) is 65.9 Å². The summed E-state index contributed by atoms with van der Waals surface area (Å²) in [5.41, 5.74) is 17.4. The monoisotopic (exact) mass is 1130 g/mol. The Bertz CT molecular complexity index is 3640. The third-order valence-corrected chi connectivity index (χ3v) is 15.4. The smallest absolute Gasteiger partial charge is 0.657 e. The molecule has 0 N–H and O–H groups in total. The summed E-state index contributed by atoms with van der Waals surface area (Å²) in [5, 5.41) is 13.7. The number of nitrogens with zero attached hydrogens (tertiary/aromatic N) is 5. The Morgan fingerprint density at radius 3 is 1.00 bits per heavy atom. The van der Waals surface area contributed by atoms with Crippen LogP contribution in [-0.2, 0) is 49.6 Å². The molecule has 0 unspecified atom stereocenters. The average Bonchev–Trinajstić information content (AvgIpc) is 4.16. The third-order valence-electron chi connectivity index (χ3n) is 14.9. The molecule has 7 nitrogen and oxygen atoms in total. The normalized spacial score (nSPS) is 13.4. The van der Waals surface area contributed by atoms with Gasteiger partial charge >= 0.3 is 17.1 Å². The van der Waals surface area contributed by atoms with Crippen LogP contribution in [0.25, 0.3) is 90.5 Å². The van der Waals surface area contributed by atoms with Crippen molar-refractivity contribution >= 4 is 61.9 Å². The molecule has 0 fully saturated rings. The summed E-state index contributed by atoms with van der Waals surface area (Å²) in [6, 6.07) is 36.6. The quantitative estimate of drug-likeness (QED) is 0.0967. The number of fused-ring (bicyclic) bond motifs is 8. The van der Waals surface area contributed by atoms with Gasteiger partial charge in [-0.15, -0.1) is 22.1 Å². The first kappa shape index (κ1) is 57.1. The van der Waals surface area contributed by atoms with Crippen molar-refractivity contribution in [1.82, 2.24) is 19.9 Å². The topological polar surface area (TPSA) is 97.1 Å². The first-order chi connectivity index (χ1) is 35.1. The molecule has 9 rings (SSSR count). The summed E-state index contributed by atoms with van der Waals surface area (Å²) >= 11 is 3.65. The van der Waals surface area contributed by atoms with Gasteiger partial charge in [0.25, 0.3) is 5.70 Å². The zero-order valence-electron chi connectivity index (χ0n) is 48.3. The number of benzene rings is 4. The van der Waals surface area contributed by atoms with E-state index < -0.39 is 0 Å². The second-order valence-corrected chi connectivity index (χ2v) is 28.1. The van der Waals surface area contributed by atoms with Crippen molar-refractivity contribution < 1.29 is 22.0 Å². The van der Waals surface area contributed by atoms with Gasteiger partial charge in [-0.2, -0.15) is 0 Å². The van der Waals surface area contributed by atoms with Crippen molar-refractivity contribution in [3.8, 4) is 44.5 Å². The van der Waals surface area contributed by atoms with Crippen molar-refractivity contribution in [2.75, 3.05) is 0 Å². The molecule has 2 aliphatic rings. The summed E-state index contributed by atoms with van der Waals surface area (Å²) in [7, 11) is 0. The van der Waals surface area contributed by atoms with Gasteiger partial charge in [-0.25, -0.2) is 9.97 Å². The number of hydrogen-bond donors (Lipinski definition) is 0. The Morgan fingerprint density at radius 1 is 0.403 bits per heavy atom. The van der Waals surface area contributed by atoms with Gasteiger partial charge in [0, 0.05) is 10.5 Å². The van der Waals surface area contributed by atoms with Gasteiger partial charge in [-0.3, -0.25) is 10.1 Å². The molecule has 0 saturated heterocycles. The molecule has 0 spiro atoms. The van der Waals surface area contributed by atoms with Crippen LogP contribution in [-0.4, -0.2) is 14.9 Å². The average molecular weight is 1140 g/mol. The van der Waals surface area contributed by atoms with Gasteiger partial charge in [0.05, 0.1) is 22.0 Å². The number of hydrogen-bond acceptors (Lipinski definition) is 4. The van der Waals surface area contributed by atoms with E-state index in [4.69, 9.17) is 19.9 Å². The Labute approximate surface area is 476 Å². The molecular formula is C68H74BrCuN5O2. The van der Waals surface area contributed by atoms with E-state index in [1.54, 1.807) is 6.08 Å². The molecule has 3 aromatic heterocycles. The van der Waals surface area contributed by atoms with Gasteiger partial charge in [-0.05, 0) is 135 Å². The summed E-state index contributed by atoms with van der Waals surface area (Å²) in [5.74, 6) is 0. The fraction of sp³-hybridized carbons (Fsp3) is 0.353. The summed E-state index contributed by atoms with van der Waals surface area (Å²) < 4.78 is 0.881. The van der Waals surface area contributed by atoms with Crippen LogP contribution in [0.15, 0.2) is 108 Å². The second-order valence-electron chi connectivity index (χ2n) is 27.2. The minimum absolute atomic E-state index is 0. The van der Waals surface area contributed by atoms with E-state index in [1.165, 1.54) is 22.3 Å². The van der Waals surface area contributed by atoms with E-state index in [2.05, 4.69) is 219 Å². The molecule has 0 amide bonds. The maximum atomic E-state index is 13.7. The van der Waals surface area contributed by atoms with Crippen molar-refractivity contribution in [2.24, 2.45) is 0 Å². The van der Waals surface area contributed by atoms with Crippen LogP contribution in [0.3, 0.4) is 0 Å². The summed E-state index contributed by atoms with van der Waals surface area (Å²) in [6.07, 6.45) is 5.90. The molecule has 0 saturated carbocycles. The number of rotatable bonds is 5. The predicted octanol–water partition coefficient (Wildman–Crippen LogP) is 18.7. The van der Waals surface area contributed by atoms with Crippen LogP contribution < -0.4 is 9.97 Å². The molecule has 8 bridgehead atoms. The molecule has 401 valence electrons. The maximum absolute atomic E-state index is 13.7. The number of aromatic nitrogens is 4. The van der Waals surface area contributed by atoms with Crippen LogP contribution in [0.4, 0.5) is 0 Å². The first-order valence-corrected chi connectivity index (χ1v) is 27.4. The Balaban J connectivity index is 0.00000784. The Kier molecular flexibility index (Phi) is 14.8. The molecule has 77 heavy (non-hydrogen) atoms. The number of nitro groups is 1. The largest absolute Gasteiger partial charge is 2.00 e. The van der Waals surface area contributed by atoms with E-state index in [0.29, 0.717) is 33.4 Å². The minimum atomic E-state index is -0.310. The Morgan fingerprint density at radius 2 is 0.701 bits per heavy atom. The summed E-state index contributed by atoms with van der Waals surface area (Å²) in [6.45, 7) is 40.4. The van der Waals surface area contributed by atoms with E-state index in [9.17, 15) is 10.1 Å². The molecule has 4 aromatic carbocycles. The van der Waals surface area contributed by atoms with Crippen molar-refractivity contribution in [3.05, 3.63) is 174 Å². The molecular weight excluding hydrogens is 1060 g/mol. The number of halogens is 1. The van der Waals surface area contributed by atoms with Gasteiger partial charge in [0.2, 0.25) is 0 Å². The molecule has 1 radical (unpaired) electrons. The zero-order chi connectivity index (χ0) is 55.4. The standard InChI is InChI=1S/C68H74BrN5O2.Cu/c1-63(2,3)43-29-40(30-44(35-43)64(4,5)6)58-50-23-24-51(70-50)59(41-31-45(65(7,8)9)36-46(32-41)66(10,11)12)53-27-28-55(72-53)61(39-19-21-49(69)22-20-39)62-57(74(75)76)38-56(73-62)60(54-26-25-52(58)71-54)42-33-47(67(13,14)15)37-48(34-42)68(16,17)18;/h19-38H,1-18H3;/q-2;+2. The van der Waals surface area contributed by atoms with Crippen LogP contribution in [0, 0.1) is 10.1 Å². The molecule has 0 aliphatic carbocycles. The van der Waals surface area contributed by atoms with Crippen LogP contribution in [0.2, 0.25) is 0 Å². The SMILES string of the molecule is CC(C)(C)c1cc(-c2c3nc(c(-c4cc(C(C)(C)C)cc(C(C)(C)C)c4)c4ccc([n-]4)c(-c4ccc(Br)cc4)c4nc(c(-c5cc(C(C)(C)C)cc(C(C)(C)C)c5)c5ccc2[n-]5)C=C4[N+](=O)[O-])C=C3)cc(C(C)(C)C)c1.[Cu+2]. The van der Waals surface area contributed by atoms with Gasteiger partial charge in [-0.1, -0.05) is 232 Å². The van der Waals surface area contributed by atoms with E-state index in [0.717, 1.165) is 65.9 Å². The van der Waals surface area contributed by atoms with Gasteiger partial charge in [0.1, 0.15) is 5.69 Å². The zero-order valence-corrected chi connectivity index (χ0v) is 50.8. The molecule has 2 aliphatic heterocycles. The van der Waals surface area contributed by atoms with Crippen LogP contribution in [0.5, 0.6) is 0 Å². The first-order valence-electron chi connectivity index (χ1n) is 26.6. The fourth-order valence-electron chi connectivity index (χ4n) is 10.00. The van der Waals surface area contributed by atoms with Gasteiger partial charge in [0.15, 0.2) is 0 Å². The second kappa shape index (κ2) is 20.0. The Hall–Kier alpha value is -6.12. The van der Waals surface area contributed by atoms with Gasteiger partial charge < -0.3 is 9.97 Å². The third kappa shape index (κ3) is 11.6. The van der Waals surface area contributed by atoms with Crippen LogP contribution in [0.1, 0.15) is 181 Å². The molecule has 9 heteroatoms. The molecule has 0 atom stereocenters. The van der Waals surface area contributed by atoms with Crippen molar-refractivity contribution in [1.29, 1.82) is 0 Å².